The number of hydrogen-bond donors (Lipinski definition) is 0. The van der Waals surface area contributed by atoms with Gasteiger partial charge in [-0.15, -0.1) is 5.10 Å². The van der Waals surface area contributed by atoms with Gasteiger partial charge in [0.25, 0.3) is 0 Å². The van der Waals surface area contributed by atoms with E-state index < -0.39 is 0 Å². The van der Waals surface area contributed by atoms with Crippen LogP contribution in [0.4, 0.5) is 5.95 Å². The molecule has 0 saturated heterocycles. The molecule has 0 saturated carbocycles. The van der Waals surface area contributed by atoms with E-state index in [2.05, 4.69) is 15.1 Å². The number of anilines is 1. The summed E-state index contributed by atoms with van der Waals surface area (Å²) in [6.07, 6.45) is 1.72. The molecule has 0 spiro atoms. The fraction of sp³-hybridized carbons (Fsp3) is 0.176. The van der Waals surface area contributed by atoms with Gasteiger partial charge in [0.15, 0.2) is 0 Å². The van der Waals surface area contributed by atoms with E-state index in [1.165, 1.54) is 4.68 Å². The Balaban J connectivity index is 1.70. The van der Waals surface area contributed by atoms with Crippen LogP contribution < -0.4 is 10.6 Å². The van der Waals surface area contributed by atoms with Crippen molar-refractivity contribution in [2.75, 3.05) is 18.0 Å². The third kappa shape index (κ3) is 1.78. The lowest BCUT2D eigenvalue weighted by molar-refractivity contribution is 0.641. The van der Waals surface area contributed by atoms with Gasteiger partial charge < -0.3 is 0 Å². The fourth-order valence-corrected chi connectivity index (χ4v) is 3.26. The zero-order chi connectivity index (χ0) is 16.1. The van der Waals surface area contributed by atoms with Gasteiger partial charge in [0.1, 0.15) is 5.84 Å². The van der Waals surface area contributed by atoms with Crippen molar-refractivity contribution in [1.82, 2.24) is 19.3 Å². The van der Waals surface area contributed by atoms with Crippen molar-refractivity contribution in [3.8, 4) is 5.69 Å². The SMILES string of the molecule is O=c1n(Cc2ccccn2)nc2n1-c1ccccc1C1=NCCN12. The van der Waals surface area contributed by atoms with Gasteiger partial charge in [0.2, 0.25) is 5.95 Å². The molecule has 1 aromatic carbocycles. The van der Waals surface area contributed by atoms with Gasteiger partial charge in [-0.25, -0.2) is 14.0 Å². The first-order chi connectivity index (χ1) is 11.8. The highest BCUT2D eigenvalue weighted by Crippen LogP contribution is 2.29. The summed E-state index contributed by atoms with van der Waals surface area (Å²) in [7, 11) is 0. The zero-order valence-electron chi connectivity index (χ0n) is 12.8. The molecule has 3 aromatic rings. The van der Waals surface area contributed by atoms with Crippen molar-refractivity contribution in [3.63, 3.8) is 0 Å². The monoisotopic (exact) mass is 318 g/mol. The average molecular weight is 318 g/mol. The molecule has 0 unspecified atom stereocenters. The molecule has 2 aliphatic heterocycles. The van der Waals surface area contributed by atoms with Crippen molar-refractivity contribution >= 4 is 11.8 Å². The number of rotatable bonds is 2. The Bertz CT molecular complexity index is 1020. The molecule has 0 bridgehead atoms. The smallest absolute Gasteiger partial charge is 0.293 e. The maximum atomic E-state index is 12.9. The lowest BCUT2D eigenvalue weighted by Gasteiger charge is -2.26. The van der Waals surface area contributed by atoms with Crippen LogP contribution in [0.15, 0.2) is 58.4 Å². The number of benzene rings is 1. The quantitative estimate of drug-likeness (QED) is 0.708. The minimum Gasteiger partial charge on any atom is -0.293 e. The highest BCUT2D eigenvalue weighted by atomic mass is 16.2. The molecule has 24 heavy (non-hydrogen) atoms. The number of pyridine rings is 1. The maximum Gasteiger partial charge on any atom is 0.352 e. The van der Waals surface area contributed by atoms with E-state index in [-0.39, 0.29) is 5.69 Å². The maximum absolute atomic E-state index is 12.9. The lowest BCUT2D eigenvalue weighted by Crippen LogP contribution is -2.37. The molecule has 4 heterocycles. The number of para-hydroxylation sites is 1. The molecule has 2 aliphatic rings. The standard InChI is InChI=1S/C17H14N6O/c24-17-22(11-12-5-3-4-8-18-12)20-16-21-10-9-19-15(21)13-6-1-2-7-14(13)23(16)17/h1-8H,9-11H2. The van der Waals surface area contributed by atoms with Gasteiger partial charge >= 0.3 is 5.69 Å². The minimum absolute atomic E-state index is 0.158. The molecule has 7 nitrogen and oxygen atoms in total. The zero-order valence-corrected chi connectivity index (χ0v) is 12.8. The number of fused-ring (bicyclic) bond motifs is 6. The summed E-state index contributed by atoms with van der Waals surface area (Å²) in [6.45, 7) is 1.80. The second-order valence-electron chi connectivity index (χ2n) is 5.77. The molecule has 0 fully saturated rings. The predicted octanol–water partition coefficient (Wildman–Crippen LogP) is 1.06. The summed E-state index contributed by atoms with van der Waals surface area (Å²) in [5.41, 5.74) is 2.45. The Hall–Kier alpha value is -3.22. The van der Waals surface area contributed by atoms with Crippen molar-refractivity contribution in [2.24, 2.45) is 4.99 Å². The van der Waals surface area contributed by atoms with Crippen LogP contribution in [0.5, 0.6) is 0 Å². The molecule has 118 valence electrons. The van der Waals surface area contributed by atoms with Crippen molar-refractivity contribution in [1.29, 1.82) is 0 Å². The van der Waals surface area contributed by atoms with E-state index in [0.717, 1.165) is 29.3 Å². The predicted molar refractivity (Wildman–Crippen MR) is 89.9 cm³/mol. The number of hydrogen-bond acceptors (Lipinski definition) is 5. The fourth-order valence-electron chi connectivity index (χ4n) is 3.26. The van der Waals surface area contributed by atoms with E-state index in [1.54, 1.807) is 10.8 Å². The highest BCUT2D eigenvalue weighted by molar-refractivity contribution is 6.14. The van der Waals surface area contributed by atoms with Crippen LogP contribution in [0.1, 0.15) is 11.3 Å². The molecule has 0 aliphatic carbocycles. The Labute approximate surface area is 137 Å². The van der Waals surface area contributed by atoms with Crippen LogP contribution >= 0.6 is 0 Å². The average Bonchev–Trinajstić information content (AvgIpc) is 3.22. The van der Waals surface area contributed by atoms with E-state index in [0.29, 0.717) is 19.0 Å². The van der Waals surface area contributed by atoms with Crippen LogP contribution in [-0.2, 0) is 6.54 Å². The molecule has 2 aromatic heterocycles. The van der Waals surface area contributed by atoms with Crippen molar-refractivity contribution < 1.29 is 0 Å². The van der Waals surface area contributed by atoms with E-state index in [9.17, 15) is 4.79 Å². The third-order valence-corrected chi connectivity index (χ3v) is 4.33. The molecular weight excluding hydrogens is 304 g/mol. The molecule has 7 heteroatoms. The van der Waals surface area contributed by atoms with Gasteiger partial charge in [0.05, 0.1) is 24.5 Å². The normalized spacial score (nSPS) is 14.8. The highest BCUT2D eigenvalue weighted by Gasteiger charge is 2.34. The largest absolute Gasteiger partial charge is 0.352 e. The first-order valence-corrected chi connectivity index (χ1v) is 7.84. The molecule has 0 N–H and O–H groups in total. The Morgan fingerprint density at radius 3 is 2.83 bits per heavy atom. The van der Waals surface area contributed by atoms with Gasteiger partial charge in [-0.05, 0) is 24.3 Å². The summed E-state index contributed by atoms with van der Waals surface area (Å²) in [5.74, 6) is 1.53. The summed E-state index contributed by atoms with van der Waals surface area (Å²) >= 11 is 0. The Morgan fingerprint density at radius 1 is 1.08 bits per heavy atom. The van der Waals surface area contributed by atoms with Crippen LogP contribution in [0.3, 0.4) is 0 Å². The Kier molecular flexibility index (Phi) is 2.70. The number of aliphatic imine (C=N–C) groups is 1. The van der Waals surface area contributed by atoms with Gasteiger partial charge in [0, 0.05) is 18.3 Å². The second-order valence-corrected chi connectivity index (χ2v) is 5.77. The number of amidine groups is 1. The lowest BCUT2D eigenvalue weighted by atomic mass is 10.1. The third-order valence-electron chi connectivity index (χ3n) is 4.33. The minimum atomic E-state index is -0.158. The van der Waals surface area contributed by atoms with Crippen LogP contribution in [0, 0.1) is 0 Å². The molecule has 0 amide bonds. The van der Waals surface area contributed by atoms with Crippen molar-refractivity contribution in [3.05, 3.63) is 70.4 Å². The summed E-state index contributed by atoms with van der Waals surface area (Å²) in [6, 6.07) is 13.5. The second kappa shape index (κ2) is 4.89. The number of aromatic nitrogens is 4. The molecule has 5 rings (SSSR count). The summed E-state index contributed by atoms with van der Waals surface area (Å²) < 4.78 is 3.14. The van der Waals surface area contributed by atoms with Crippen LogP contribution in [0.25, 0.3) is 5.69 Å². The molecular formula is C17H14N6O. The van der Waals surface area contributed by atoms with E-state index in [1.807, 2.05) is 47.4 Å². The summed E-state index contributed by atoms with van der Waals surface area (Å²) in [4.78, 5) is 23.8. The molecule has 0 radical (unpaired) electrons. The Morgan fingerprint density at radius 2 is 1.96 bits per heavy atom. The van der Waals surface area contributed by atoms with Crippen LogP contribution in [0.2, 0.25) is 0 Å². The van der Waals surface area contributed by atoms with Gasteiger partial charge in [-0.3, -0.25) is 14.9 Å². The van der Waals surface area contributed by atoms with E-state index >= 15 is 0 Å². The summed E-state index contributed by atoms with van der Waals surface area (Å²) in [5, 5.41) is 4.56. The van der Waals surface area contributed by atoms with Gasteiger partial charge in [-0.1, -0.05) is 18.2 Å². The van der Waals surface area contributed by atoms with Gasteiger partial charge in [-0.2, -0.15) is 0 Å². The van der Waals surface area contributed by atoms with E-state index in [4.69, 9.17) is 0 Å². The first-order valence-electron chi connectivity index (χ1n) is 7.84. The molecule has 0 atom stereocenters. The first kappa shape index (κ1) is 13.2. The van der Waals surface area contributed by atoms with Crippen LogP contribution in [-0.4, -0.2) is 38.3 Å². The number of nitrogens with zero attached hydrogens (tertiary/aromatic N) is 6. The van der Waals surface area contributed by atoms with Crippen molar-refractivity contribution in [2.45, 2.75) is 6.54 Å². The topological polar surface area (TPSA) is 68.3 Å².